The molecular formula is C10H17N3O5. The van der Waals surface area contributed by atoms with Gasteiger partial charge in [-0.05, 0) is 6.08 Å². The minimum Gasteiger partial charge on any atom is -0.394 e. The first-order chi connectivity index (χ1) is 8.58. The maximum absolute atomic E-state index is 11.8. The van der Waals surface area contributed by atoms with Gasteiger partial charge in [-0.25, -0.2) is 4.79 Å². The van der Waals surface area contributed by atoms with Crippen molar-refractivity contribution < 1.29 is 24.5 Å². The van der Waals surface area contributed by atoms with Gasteiger partial charge in [0.15, 0.2) is 6.23 Å². The number of urea groups is 1. The lowest BCUT2D eigenvalue weighted by atomic mass is 10.1. The van der Waals surface area contributed by atoms with Gasteiger partial charge in [0.05, 0.1) is 12.8 Å². The summed E-state index contributed by atoms with van der Waals surface area (Å²) in [4.78, 5) is 13.0. The highest BCUT2D eigenvalue weighted by Gasteiger charge is 2.47. The molecule has 0 bridgehead atoms. The summed E-state index contributed by atoms with van der Waals surface area (Å²) in [6.07, 6.45) is -0.797. The smallest absolute Gasteiger partial charge is 0.325 e. The van der Waals surface area contributed by atoms with E-state index in [1.54, 1.807) is 6.08 Å². The summed E-state index contributed by atoms with van der Waals surface area (Å²) in [5, 5.41) is 21.4. The maximum Gasteiger partial charge on any atom is 0.325 e. The van der Waals surface area contributed by atoms with Gasteiger partial charge in [0, 0.05) is 13.3 Å². The zero-order chi connectivity index (χ0) is 13.3. The van der Waals surface area contributed by atoms with Gasteiger partial charge in [0.25, 0.3) is 0 Å². The van der Waals surface area contributed by atoms with E-state index in [-0.39, 0.29) is 6.61 Å². The second-order valence-electron chi connectivity index (χ2n) is 4.16. The summed E-state index contributed by atoms with van der Waals surface area (Å²) in [5.74, 6) is 0. The van der Waals surface area contributed by atoms with Gasteiger partial charge >= 0.3 is 6.03 Å². The number of methoxy groups -OCH3 is 1. The molecule has 3 unspecified atom stereocenters. The molecule has 0 aromatic rings. The van der Waals surface area contributed by atoms with Crippen molar-refractivity contribution in [1.82, 2.24) is 10.2 Å². The van der Waals surface area contributed by atoms with E-state index in [1.165, 1.54) is 18.2 Å². The summed E-state index contributed by atoms with van der Waals surface area (Å²) in [6, 6.07) is -0.442. The van der Waals surface area contributed by atoms with Crippen LogP contribution in [0.2, 0.25) is 0 Å². The lowest BCUT2D eigenvalue weighted by molar-refractivity contribution is -0.0735. The Hall–Kier alpha value is -1.19. The minimum atomic E-state index is -0.998. The summed E-state index contributed by atoms with van der Waals surface area (Å²) in [7, 11) is 1.40. The molecule has 0 radical (unpaired) electrons. The standard InChI is InChI=1S/C10H17N3O5/c1-17-8-7(15)5(4-14)18-9(8)13-3-2-6(11)12-10(13)16/h2-3,5-9,14-15H,4,11H2,1H3,(H,12,16)/t5-,6?,7?,8?,9-/m1/s1. The van der Waals surface area contributed by atoms with Crippen LogP contribution < -0.4 is 11.1 Å². The second kappa shape index (κ2) is 5.21. The summed E-state index contributed by atoms with van der Waals surface area (Å²) >= 11 is 0. The Morgan fingerprint density at radius 2 is 2.39 bits per heavy atom. The number of aliphatic hydroxyl groups is 2. The van der Waals surface area contributed by atoms with Crippen LogP contribution in [-0.2, 0) is 9.47 Å². The van der Waals surface area contributed by atoms with Crippen LogP contribution in [-0.4, -0.2) is 65.6 Å². The third kappa shape index (κ3) is 2.20. The van der Waals surface area contributed by atoms with E-state index in [0.29, 0.717) is 0 Å². The molecule has 1 saturated heterocycles. The molecule has 8 nitrogen and oxygen atoms in total. The number of carbonyl (C=O) groups is 1. The lowest BCUT2D eigenvalue weighted by Crippen LogP contribution is -2.55. The third-order valence-electron chi connectivity index (χ3n) is 3.02. The van der Waals surface area contributed by atoms with Crippen LogP contribution in [0.15, 0.2) is 12.3 Å². The molecule has 8 heteroatoms. The Bertz CT molecular complexity index is 350. The Morgan fingerprint density at radius 3 is 2.94 bits per heavy atom. The normalized spacial score (nSPS) is 40.1. The van der Waals surface area contributed by atoms with Gasteiger partial charge in [0.1, 0.15) is 18.3 Å². The molecule has 5 atom stereocenters. The van der Waals surface area contributed by atoms with E-state index in [2.05, 4.69) is 5.32 Å². The number of aliphatic hydroxyl groups excluding tert-OH is 2. The average molecular weight is 259 g/mol. The van der Waals surface area contributed by atoms with E-state index < -0.39 is 36.7 Å². The highest BCUT2D eigenvalue weighted by atomic mass is 16.6. The number of nitrogens with zero attached hydrogens (tertiary/aromatic N) is 1. The van der Waals surface area contributed by atoms with E-state index in [1.807, 2.05) is 0 Å². The first-order valence-corrected chi connectivity index (χ1v) is 5.58. The van der Waals surface area contributed by atoms with Gasteiger partial charge in [-0.15, -0.1) is 0 Å². The van der Waals surface area contributed by atoms with Gasteiger partial charge in [-0.3, -0.25) is 4.90 Å². The van der Waals surface area contributed by atoms with Crippen LogP contribution in [0, 0.1) is 0 Å². The zero-order valence-electron chi connectivity index (χ0n) is 9.89. The topological polar surface area (TPSA) is 117 Å². The van der Waals surface area contributed by atoms with Crippen molar-refractivity contribution in [2.24, 2.45) is 5.73 Å². The molecule has 18 heavy (non-hydrogen) atoms. The molecule has 1 fully saturated rings. The van der Waals surface area contributed by atoms with Gasteiger partial charge in [-0.1, -0.05) is 0 Å². The summed E-state index contributed by atoms with van der Waals surface area (Å²) < 4.78 is 10.5. The van der Waals surface area contributed by atoms with Crippen LogP contribution in [0.5, 0.6) is 0 Å². The van der Waals surface area contributed by atoms with Crippen LogP contribution >= 0.6 is 0 Å². The predicted octanol–water partition coefficient (Wildman–Crippen LogP) is -2.10. The maximum atomic E-state index is 11.8. The molecular weight excluding hydrogens is 242 g/mol. The van der Waals surface area contributed by atoms with Gasteiger partial charge in [-0.2, -0.15) is 0 Å². The van der Waals surface area contributed by atoms with Crippen LogP contribution in [0.4, 0.5) is 4.79 Å². The molecule has 2 amide bonds. The number of rotatable bonds is 3. The first kappa shape index (κ1) is 13.2. The quantitative estimate of drug-likeness (QED) is 0.461. The van der Waals surface area contributed by atoms with E-state index in [4.69, 9.17) is 20.3 Å². The Balaban J connectivity index is 2.17. The van der Waals surface area contributed by atoms with Crippen LogP contribution in [0.1, 0.15) is 0 Å². The Labute approximate surface area is 104 Å². The second-order valence-corrected chi connectivity index (χ2v) is 4.16. The largest absolute Gasteiger partial charge is 0.394 e. The van der Waals surface area contributed by atoms with E-state index >= 15 is 0 Å². The van der Waals surface area contributed by atoms with Crippen molar-refractivity contribution in [3.8, 4) is 0 Å². The summed E-state index contributed by atoms with van der Waals surface area (Å²) in [5.41, 5.74) is 5.53. The molecule has 0 spiro atoms. The molecule has 0 aromatic carbocycles. The monoisotopic (exact) mass is 259 g/mol. The molecule has 0 aromatic heterocycles. The predicted molar refractivity (Wildman–Crippen MR) is 60.0 cm³/mol. The van der Waals surface area contributed by atoms with Crippen LogP contribution in [0.25, 0.3) is 0 Å². The van der Waals surface area contributed by atoms with Gasteiger partial charge < -0.3 is 30.7 Å². The van der Waals surface area contributed by atoms with Crippen molar-refractivity contribution >= 4 is 6.03 Å². The molecule has 2 rings (SSSR count). The van der Waals surface area contributed by atoms with Gasteiger partial charge in [0.2, 0.25) is 0 Å². The van der Waals surface area contributed by atoms with Crippen molar-refractivity contribution in [2.45, 2.75) is 30.7 Å². The number of nitrogens with one attached hydrogen (secondary N) is 1. The molecule has 0 aliphatic carbocycles. The van der Waals surface area contributed by atoms with E-state index in [9.17, 15) is 9.90 Å². The number of ether oxygens (including phenoxy) is 2. The number of carbonyl (C=O) groups excluding carboxylic acids is 1. The van der Waals surface area contributed by atoms with Crippen molar-refractivity contribution in [1.29, 1.82) is 0 Å². The van der Waals surface area contributed by atoms with Crippen molar-refractivity contribution in [2.75, 3.05) is 13.7 Å². The third-order valence-corrected chi connectivity index (χ3v) is 3.02. The molecule has 5 N–H and O–H groups in total. The lowest BCUT2D eigenvalue weighted by Gasteiger charge is -2.32. The minimum absolute atomic E-state index is 0.351. The molecule has 2 aliphatic heterocycles. The van der Waals surface area contributed by atoms with Crippen LogP contribution in [0.3, 0.4) is 0 Å². The van der Waals surface area contributed by atoms with Crippen molar-refractivity contribution in [3.63, 3.8) is 0 Å². The number of hydrogen-bond donors (Lipinski definition) is 4. The fourth-order valence-corrected chi connectivity index (χ4v) is 2.07. The fraction of sp³-hybridized carbons (Fsp3) is 0.700. The van der Waals surface area contributed by atoms with E-state index in [0.717, 1.165) is 0 Å². The molecule has 102 valence electrons. The number of nitrogens with two attached hydrogens (primary N) is 1. The highest BCUT2D eigenvalue weighted by Crippen LogP contribution is 2.27. The molecule has 2 aliphatic rings. The van der Waals surface area contributed by atoms with Crippen molar-refractivity contribution in [3.05, 3.63) is 12.3 Å². The summed E-state index contributed by atoms with van der Waals surface area (Å²) in [6.45, 7) is -0.351. The number of hydrogen-bond acceptors (Lipinski definition) is 6. The first-order valence-electron chi connectivity index (χ1n) is 5.58. The Morgan fingerprint density at radius 1 is 1.67 bits per heavy atom. The zero-order valence-corrected chi connectivity index (χ0v) is 9.89. The Kier molecular flexibility index (Phi) is 3.83. The number of amides is 2. The average Bonchev–Trinajstić information content (AvgIpc) is 2.65. The molecule has 2 heterocycles. The fourth-order valence-electron chi connectivity index (χ4n) is 2.07. The highest BCUT2D eigenvalue weighted by molar-refractivity contribution is 5.77. The molecule has 0 saturated carbocycles. The SMILES string of the molecule is COC1C(O)[C@@H](CO)O[C@H]1N1C=CC(N)NC1=O.